The van der Waals surface area contributed by atoms with Crippen LogP contribution in [0.4, 0.5) is 0 Å². The number of thiophene rings is 1. The minimum Gasteiger partial charge on any atom is -0.508 e. The first-order valence-electron chi connectivity index (χ1n) is 45.3. The van der Waals surface area contributed by atoms with Gasteiger partial charge >= 0.3 is 0 Å². The topological polar surface area (TPSA) is 634 Å². The zero-order valence-corrected chi connectivity index (χ0v) is 78.9. The molecule has 1 aliphatic carbocycles. The Morgan fingerprint density at radius 1 is 0.593 bits per heavy atom. The van der Waals surface area contributed by atoms with Crippen molar-refractivity contribution in [3.05, 3.63) is 119 Å². The molecule has 1 spiro atoms. The van der Waals surface area contributed by atoms with Crippen molar-refractivity contribution < 1.29 is 91.7 Å². The predicted octanol–water partition coefficient (Wildman–Crippen LogP) is -1.26. The summed E-state index contributed by atoms with van der Waals surface area (Å²) in [5.41, 5.74) is 17.6. The van der Waals surface area contributed by atoms with E-state index in [2.05, 4.69) is 78.8 Å². The number of thioether (sulfide) groups is 1. The van der Waals surface area contributed by atoms with Crippen LogP contribution in [0.25, 0.3) is 21.0 Å². The number of amides is 17. The molecule has 9 rings (SSSR count). The van der Waals surface area contributed by atoms with Gasteiger partial charge in [0.05, 0.1) is 31.7 Å². The number of fused-ring (bicyclic) bond motifs is 3. The molecule has 2 saturated heterocycles. The van der Waals surface area contributed by atoms with E-state index in [1.807, 2.05) is 32.0 Å². The van der Waals surface area contributed by atoms with Gasteiger partial charge in [0.25, 0.3) is 0 Å². The van der Waals surface area contributed by atoms with Crippen LogP contribution < -0.4 is 81.0 Å². The fraction of sp³-hybridized carbons (Fsp3) is 0.527. The summed E-state index contributed by atoms with van der Waals surface area (Å²) in [5.74, 6) is -18.1. The highest BCUT2D eigenvalue weighted by Gasteiger charge is 2.60. The maximum Gasteiger partial charge on any atom is 0.246 e. The first kappa shape index (κ1) is 105. The summed E-state index contributed by atoms with van der Waals surface area (Å²) in [7, 11) is 3.94. The standard InChI is InChI=1S/C91H127N23O19S2/c1-10-12-24-69-83(127)102-60(23-18-32-97-90(94)95)78(122)108-68(77(121)99-43-74(93)118)46-134-47-75(119)101-64(35-52-28-30-56(116)31-29-52)85(129)111(7)51(6)76(120)105-66(39-73(92)117)87(131)114-33-19-26-70(114)84(128)104-63(38-55-42-96-48-100-55)80(124)103-61(34-49(3)4)82(126)110-91(40-50(91)5)89(133)109-62(36-53-41-98-59-22-16-14-20-57(53)59)79(123)107-67(44-115)81(125)106-65(37-54-45-135-72-27-17-15-21-58(54)72)86(130)113(9)71(25-13-11-2)88(132)112(69)8/h14-17,20-22,27-31,41-42,45,48-51,60-71,98,115-116H,10-13,18-19,23-26,32-40,43-44,46-47H2,1-9H3,(H2,92,117)(H2,93,118)(H,96,100)(H,99,121)(H,101,119)(H,102,127)(H,103,124)(H,104,128)(H,105,120)(H,106,125)(H,107,123)(H,108,122)(H,109,133)(H,110,126)(H4,94,95,97)/t50-,51-,60-,61-,62-,63-,64-,65-,66-,67-,68?,69-,70-,71-,91?/m0/s1. The van der Waals surface area contributed by atoms with E-state index in [4.69, 9.17) is 22.6 Å². The Hall–Kier alpha value is -13.3. The van der Waals surface area contributed by atoms with Crippen LogP contribution in [0.1, 0.15) is 147 Å². The molecule has 3 aromatic heterocycles. The van der Waals surface area contributed by atoms with E-state index in [9.17, 15) is 53.4 Å². The number of imidazole rings is 1. The molecule has 15 atom stereocenters. The van der Waals surface area contributed by atoms with Crippen LogP contribution in [0.2, 0.25) is 0 Å². The third-order valence-corrected chi connectivity index (χ3v) is 26.5. The summed E-state index contributed by atoms with van der Waals surface area (Å²) < 4.78 is 0.823. The van der Waals surface area contributed by atoms with Crippen molar-refractivity contribution in [3.8, 4) is 5.75 Å². The third-order valence-electron chi connectivity index (χ3n) is 24.4. The Morgan fingerprint density at radius 2 is 1.19 bits per heavy atom. The first-order chi connectivity index (χ1) is 64.3. The van der Waals surface area contributed by atoms with Gasteiger partial charge in [-0.25, -0.2) is 4.98 Å². The Bertz CT molecular complexity index is 5250. The van der Waals surface area contributed by atoms with E-state index in [1.54, 1.807) is 62.7 Å². The number of H-pyrrole nitrogens is 2. The number of phenols is 1. The number of unbranched alkanes of at least 4 members (excludes halogenated alkanes) is 2. The van der Waals surface area contributed by atoms with E-state index < -0.39 is 227 Å². The lowest BCUT2D eigenvalue weighted by molar-refractivity contribution is -0.149. The second-order valence-corrected chi connectivity index (χ2v) is 37.0. The van der Waals surface area contributed by atoms with Gasteiger partial charge in [0, 0.05) is 99.4 Å². The molecule has 44 heteroatoms. The lowest BCUT2D eigenvalue weighted by Gasteiger charge is -2.36. The van der Waals surface area contributed by atoms with Gasteiger partial charge in [-0.15, -0.1) is 23.1 Å². The third kappa shape index (κ3) is 29.1. The fourth-order valence-corrected chi connectivity index (χ4v) is 18.3. The number of aromatic amines is 2. The number of carbonyl (C=O) groups is 17. The Kier molecular flexibility index (Phi) is 38.8. The van der Waals surface area contributed by atoms with Crippen LogP contribution in [0.3, 0.4) is 0 Å². The van der Waals surface area contributed by atoms with E-state index in [0.29, 0.717) is 59.0 Å². The molecule has 732 valence electrons. The molecular formula is C91H127N23O19S2. The monoisotopic (exact) mass is 1910 g/mol. The van der Waals surface area contributed by atoms with Crippen molar-refractivity contribution in [2.75, 3.05) is 58.9 Å². The molecule has 135 heavy (non-hydrogen) atoms. The number of rotatable bonds is 26. The van der Waals surface area contributed by atoms with Crippen LogP contribution in [0.5, 0.6) is 5.75 Å². The van der Waals surface area contributed by atoms with Crippen molar-refractivity contribution in [2.45, 2.75) is 235 Å². The van der Waals surface area contributed by atoms with E-state index >= 15 is 38.4 Å². The minimum absolute atomic E-state index is 0.000897. The van der Waals surface area contributed by atoms with Crippen LogP contribution >= 0.6 is 23.1 Å². The van der Waals surface area contributed by atoms with Crippen molar-refractivity contribution in [3.63, 3.8) is 0 Å². The molecule has 42 nitrogen and oxygen atoms in total. The molecule has 3 aliphatic rings. The van der Waals surface area contributed by atoms with E-state index in [0.717, 1.165) is 41.4 Å². The van der Waals surface area contributed by atoms with Gasteiger partial charge in [0.1, 0.15) is 89.8 Å². The number of aliphatic hydroxyl groups is 1. The van der Waals surface area contributed by atoms with E-state index in [-0.39, 0.29) is 102 Å². The molecule has 3 fully saturated rings. The average molecular weight is 1910 g/mol. The number of aromatic nitrogens is 3. The molecule has 2 aliphatic heterocycles. The molecule has 5 heterocycles. The van der Waals surface area contributed by atoms with Crippen molar-refractivity contribution >= 4 is 150 Å². The van der Waals surface area contributed by atoms with Crippen LogP contribution in [-0.4, -0.2) is 294 Å². The van der Waals surface area contributed by atoms with Crippen molar-refractivity contribution in [1.29, 1.82) is 5.41 Å². The quantitative estimate of drug-likeness (QED) is 0.0171. The van der Waals surface area contributed by atoms with Crippen LogP contribution in [0, 0.1) is 17.2 Å². The smallest absolute Gasteiger partial charge is 0.246 e. The zero-order valence-electron chi connectivity index (χ0n) is 77.3. The number of hydrogen-bond acceptors (Lipinski definition) is 23. The maximum atomic E-state index is 15.8. The van der Waals surface area contributed by atoms with Gasteiger partial charge in [-0.1, -0.05) is 109 Å². The molecule has 1 saturated carbocycles. The van der Waals surface area contributed by atoms with Crippen LogP contribution in [0.15, 0.2) is 96.9 Å². The number of para-hydroxylation sites is 1. The number of primary amides is 2. The number of nitrogens with zero attached hydrogens (tertiary/aromatic N) is 5. The highest BCUT2D eigenvalue weighted by Crippen LogP contribution is 2.44. The Morgan fingerprint density at radius 3 is 1.83 bits per heavy atom. The Balaban J connectivity index is 1.10. The number of likely N-dealkylation sites (N-methyl/N-ethyl adjacent to an activating group) is 3. The largest absolute Gasteiger partial charge is 0.508 e. The van der Waals surface area contributed by atoms with Gasteiger partial charge in [-0.3, -0.25) is 86.9 Å². The fourth-order valence-electron chi connectivity index (χ4n) is 16.5. The SMILES string of the molecule is CCCC[C@H]1C(=O)N(C)[C@@H](CCCC)C(=O)N[C@@H](CCCNC(=N)N)C(=O)NC(C(=O)NCC(N)=O)CSCC(=O)N[C@@H](Cc2ccc(O)cc2)C(=O)N(C)[C@@H](C)C(=O)N[C@@H](CC(N)=O)C(=O)N2CCC[C@H]2C(=O)N[C@@H](Cc2cnc[nH]2)C(=O)N[C@@H](CC(C)C)C(=O)NC2(C[C@@H]2C)C(=O)N[C@@H](Cc2c[nH]c3ccccc23)C(=O)N[C@@H](CO)C(=O)N[C@@H](Cc2csc3ccccc23)C(=O)N1C. The number of phenolic OH excluding ortho intramolecular Hbond substituents is 1. The van der Waals surface area contributed by atoms with Crippen molar-refractivity contribution in [1.82, 2.24) is 98.4 Å². The summed E-state index contributed by atoms with van der Waals surface area (Å²) in [6.07, 6.45) is 4.22. The number of guanidine groups is 1. The van der Waals surface area contributed by atoms with Crippen LogP contribution in [-0.2, 0) is 107 Å². The molecule has 0 radical (unpaired) electrons. The molecule has 3 aromatic carbocycles. The van der Waals surface area contributed by atoms with Gasteiger partial charge in [0.2, 0.25) is 100 Å². The van der Waals surface area contributed by atoms with E-state index in [1.165, 1.54) is 76.2 Å². The highest BCUT2D eigenvalue weighted by atomic mass is 32.2. The minimum atomic E-state index is -1.85. The summed E-state index contributed by atoms with van der Waals surface area (Å²) in [5, 5.41) is 64.7. The maximum absolute atomic E-state index is 15.8. The highest BCUT2D eigenvalue weighted by molar-refractivity contribution is 8.00. The first-order valence-corrected chi connectivity index (χ1v) is 47.3. The van der Waals surface area contributed by atoms with Gasteiger partial charge in [-0.2, -0.15) is 0 Å². The number of aliphatic hydroxyl groups excluding tert-OH is 1. The number of aromatic hydroxyl groups is 1. The molecule has 17 amide bonds. The molecule has 0 bridgehead atoms. The Labute approximate surface area is 789 Å². The molecule has 23 N–H and O–H groups in total. The number of hydrogen-bond donors (Lipinski definition) is 20. The molecule has 2 unspecified atom stereocenters. The zero-order chi connectivity index (χ0) is 98.7. The molecular weight excluding hydrogens is 1780 g/mol. The second kappa shape index (κ2) is 49.6. The van der Waals surface area contributed by atoms with Crippen molar-refractivity contribution in [2.24, 2.45) is 29.0 Å². The summed E-state index contributed by atoms with van der Waals surface area (Å²) in [6.45, 7) is 8.30. The summed E-state index contributed by atoms with van der Waals surface area (Å²) in [4.78, 5) is 265. The lowest BCUT2D eigenvalue weighted by atomic mass is 10.00. The number of benzene rings is 3. The second-order valence-electron chi connectivity index (χ2n) is 35.0. The van der Waals surface area contributed by atoms with Gasteiger partial charge < -0.3 is 121 Å². The van der Waals surface area contributed by atoms with Gasteiger partial charge in [0.15, 0.2) is 5.96 Å². The predicted molar refractivity (Wildman–Crippen MR) is 502 cm³/mol. The lowest BCUT2D eigenvalue weighted by Crippen LogP contribution is -2.62. The number of carbonyl (C=O) groups excluding carboxylic acids is 17. The number of nitrogens with one attached hydrogen (secondary N) is 15. The summed E-state index contributed by atoms with van der Waals surface area (Å²) in [6, 6.07) is 0.00939. The average Bonchev–Trinajstić information content (AvgIpc) is 1.58. The number of nitrogens with two attached hydrogens (primary N) is 3. The normalized spacial score (nSPS) is 25.1. The summed E-state index contributed by atoms with van der Waals surface area (Å²) >= 11 is 2.13. The molecule has 6 aromatic rings. The van der Waals surface area contributed by atoms with Gasteiger partial charge in [-0.05, 0) is 122 Å².